The molecule has 1 heterocycles. The van der Waals surface area contributed by atoms with Gasteiger partial charge in [-0.15, -0.1) is 8.78 Å². The van der Waals surface area contributed by atoms with Crippen molar-refractivity contribution < 1.29 is 32.5 Å². The molecule has 180 valence electrons. The molecule has 5 nitrogen and oxygen atoms in total. The topological polar surface area (TPSA) is 67.8 Å². The van der Waals surface area contributed by atoms with Gasteiger partial charge in [-0.25, -0.2) is 4.39 Å². The van der Waals surface area contributed by atoms with Crippen molar-refractivity contribution in [3.8, 4) is 11.5 Å². The van der Waals surface area contributed by atoms with Crippen molar-refractivity contribution in [2.75, 3.05) is 11.9 Å². The number of amides is 1. The molecule has 1 aliphatic heterocycles. The number of alkyl halides is 2. The molecule has 2 N–H and O–H groups in total. The summed E-state index contributed by atoms with van der Waals surface area (Å²) in [4.78, 5) is 13.2. The molecule has 34 heavy (non-hydrogen) atoms. The Morgan fingerprint density at radius 1 is 1.15 bits per heavy atom. The molecule has 5 rings (SSSR count). The fraction of sp³-hybridized carbons (Fsp3) is 0.423. The highest BCUT2D eigenvalue weighted by Gasteiger charge is 2.53. The van der Waals surface area contributed by atoms with Crippen LogP contribution >= 0.6 is 0 Å². The highest BCUT2D eigenvalue weighted by molar-refractivity contribution is 6.02. The van der Waals surface area contributed by atoms with Crippen molar-refractivity contribution >= 4 is 17.7 Å². The van der Waals surface area contributed by atoms with E-state index in [1.165, 1.54) is 18.2 Å². The van der Waals surface area contributed by atoms with Crippen LogP contribution in [-0.2, 0) is 10.2 Å². The molecule has 8 heteroatoms. The van der Waals surface area contributed by atoms with Gasteiger partial charge in [-0.1, -0.05) is 38.5 Å². The zero-order valence-electron chi connectivity index (χ0n) is 19.2. The lowest BCUT2D eigenvalue weighted by molar-refractivity contribution is -0.286. The first-order chi connectivity index (χ1) is 15.9. The third kappa shape index (κ3) is 3.74. The van der Waals surface area contributed by atoms with Crippen LogP contribution in [0.1, 0.15) is 62.6 Å². The zero-order chi connectivity index (χ0) is 24.5. The van der Waals surface area contributed by atoms with Crippen LogP contribution in [0.5, 0.6) is 11.5 Å². The summed E-state index contributed by atoms with van der Waals surface area (Å²) in [5.74, 6) is -1.25. The van der Waals surface area contributed by atoms with E-state index in [2.05, 4.69) is 35.6 Å². The first-order valence-corrected chi connectivity index (χ1v) is 11.3. The zero-order valence-corrected chi connectivity index (χ0v) is 19.2. The lowest BCUT2D eigenvalue weighted by atomic mass is 9.78. The first kappa shape index (κ1) is 22.8. The van der Waals surface area contributed by atoms with E-state index < -0.39 is 23.4 Å². The van der Waals surface area contributed by atoms with E-state index in [4.69, 9.17) is 0 Å². The summed E-state index contributed by atoms with van der Waals surface area (Å²) in [5.41, 5.74) is 2.21. The van der Waals surface area contributed by atoms with Crippen LogP contribution in [0, 0.1) is 11.2 Å². The molecular weight excluding hydrogens is 447 g/mol. The van der Waals surface area contributed by atoms with Gasteiger partial charge in [-0.2, -0.15) is 0 Å². The number of rotatable bonds is 5. The maximum atomic E-state index is 15.1. The second-order valence-electron chi connectivity index (χ2n) is 10.2. The molecule has 1 saturated carbocycles. The number of aliphatic hydroxyl groups is 1. The minimum Gasteiger partial charge on any atom is -0.396 e. The number of allylic oxidation sites excluding steroid dienone is 1. The molecule has 2 aliphatic carbocycles. The van der Waals surface area contributed by atoms with Crippen molar-refractivity contribution in [3.05, 3.63) is 58.4 Å². The quantitative estimate of drug-likeness (QED) is 0.582. The molecule has 0 radical (unpaired) electrons. The van der Waals surface area contributed by atoms with Crippen molar-refractivity contribution in [1.29, 1.82) is 0 Å². The summed E-state index contributed by atoms with van der Waals surface area (Å²) >= 11 is 0. The maximum absolute atomic E-state index is 15.1. The van der Waals surface area contributed by atoms with E-state index in [1.807, 2.05) is 6.08 Å². The molecule has 0 saturated heterocycles. The molecule has 0 spiro atoms. The largest absolute Gasteiger partial charge is 0.586 e. The summed E-state index contributed by atoms with van der Waals surface area (Å²) in [6.07, 6.45) is -0.216. The van der Waals surface area contributed by atoms with Gasteiger partial charge in [0.25, 0.3) is 0 Å². The summed E-state index contributed by atoms with van der Waals surface area (Å²) < 4.78 is 50.8. The predicted molar refractivity (Wildman–Crippen MR) is 120 cm³/mol. The smallest absolute Gasteiger partial charge is 0.396 e. The highest BCUT2D eigenvalue weighted by Crippen LogP contribution is 2.53. The SMILES string of the molecule is CC(C)(C)C1=Cc2cc(NC(=O)C3(c4ccc5c(c4)OC(F)(F)O5)CC3)c(F)cc2C1CCO. The molecular formula is C26H26F3NO4. The number of hydrogen-bond acceptors (Lipinski definition) is 4. The van der Waals surface area contributed by atoms with Gasteiger partial charge in [-0.05, 0) is 65.6 Å². The number of aliphatic hydroxyl groups excluding tert-OH is 1. The third-order valence-electron chi connectivity index (χ3n) is 6.91. The summed E-state index contributed by atoms with van der Waals surface area (Å²) in [6, 6.07) is 7.37. The van der Waals surface area contributed by atoms with Crippen molar-refractivity contribution in [3.63, 3.8) is 0 Å². The van der Waals surface area contributed by atoms with Crippen LogP contribution in [0.4, 0.5) is 18.9 Å². The monoisotopic (exact) mass is 473 g/mol. The number of nitrogens with one attached hydrogen (secondary N) is 1. The van der Waals surface area contributed by atoms with Gasteiger partial charge < -0.3 is 19.9 Å². The number of anilines is 1. The molecule has 1 unspecified atom stereocenters. The number of hydrogen-bond donors (Lipinski definition) is 2. The van der Waals surface area contributed by atoms with Crippen LogP contribution in [0.3, 0.4) is 0 Å². The lowest BCUT2D eigenvalue weighted by Crippen LogP contribution is -2.28. The average Bonchev–Trinajstić information content (AvgIpc) is 3.39. The van der Waals surface area contributed by atoms with E-state index in [0.29, 0.717) is 24.8 Å². The normalized spacial score (nSPS) is 21.1. The van der Waals surface area contributed by atoms with Gasteiger partial charge >= 0.3 is 6.29 Å². The van der Waals surface area contributed by atoms with Crippen LogP contribution < -0.4 is 14.8 Å². The van der Waals surface area contributed by atoms with E-state index in [0.717, 1.165) is 16.7 Å². The van der Waals surface area contributed by atoms with E-state index in [9.17, 15) is 18.7 Å². The van der Waals surface area contributed by atoms with Gasteiger partial charge in [0.2, 0.25) is 5.91 Å². The van der Waals surface area contributed by atoms with Gasteiger partial charge in [0, 0.05) is 12.5 Å². The van der Waals surface area contributed by atoms with Crippen LogP contribution in [0.2, 0.25) is 0 Å². The molecule has 0 aromatic heterocycles. The Labute approximate surface area is 195 Å². The molecule has 3 aliphatic rings. The number of fused-ring (bicyclic) bond motifs is 2. The Morgan fingerprint density at radius 2 is 1.85 bits per heavy atom. The Balaban J connectivity index is 1.42. The van der Waals surface area contributed by atoms with Gasteiger partial charge in [0.15, 0.2) is 11.5 Å². The van der Waals surface area contributed by atoms with E-state index in [-0.39, 0.29) is 35.1 Å². The highest BCUT2D eigenvalue weighted by atomic mass is 19.3. The first-order valence-electron chi connectivity index (χ1n) is 11.3. The standard InChI is InChI=1S/C26H26F3NO4/c1-24(2,3)18-10-14-11-20(19(27)13-17(14)16(18)6-9-31)30-23(32)25(7-8-25)15-4-5-21-22(12-15)34-26(28,29)33-21/h4-5,10-13,16,31H,6-9H2,1-3H3,(H,30,32). The fourth-order valence-electron chi connectivity index (χ4n) is 5.00. The number of ether oxygens (including phenoxy) is 2. The Hall–Kier alpha value is -3.00. The third-order valence-corrected chi connectivity index (χ3v) is 6.91. The lowest BCUT2D eigenvalue weighted by Gasteiger charge is -2.27. The summed E-state index contributed by atoms with van der Waals surface area (Å²) in [5, 5.41) is 12.2. The summed E-state index contributed by atoms with van der Waals surface area (Å²) in [7, 11) is 0. The Bertz CT molecular complexity index is 1210. The number of halogens is 3. The maximum Gasteiger partial charge on any atom is 0.586 e. The van der Waals surface area contributed by atoms with E-state index in [1.54, 1.807) is 12.1 Å². The predicted octanol–water partition coefficient (Wildman–Crippen LogP) is 5.73. The van der Waals surface area contributed by atoms with E-state index >= 15 is 4.39 Å². The average molecular weight is 473 g/mol. The van der Waals surface area contributed by atoms with Gasteiger partial charge in [0.1, 0.15) is 5.82 Å². The number of carbonyl (C=O) groups excluding carboxylic acids is 1. The molecule has 1 fully saturated rings. The molecule has 1 amide bonds. The van der Waals surface area contributed by atoms with Crippen molar-refractivity contribution in [2.45, 2.75) is 57.7 Å². The molecule has 2 aromatic carbocycles. The fourth-order valence-corrected chi connectivity index (χ4v) is 5.00. The van der Waals surface area contributed by atoms with Gasteiger partial charge in [-0.3, -0.25) is 4.79 Å². The summed E-state index contributed by atoms with van der Waals surface area (Å²) in [6.45, 7) is 6.21. The minimum absolute atomic E-state index is 0.0123. The Kier molecular flexibility index (Phi) is 5.02. The molecule has 2 aromatic rings. The van der Waals surface area contributed by atoms with Crippen LogP contribution in [0.25, 0.3) is 6.08 Å². The Morgan fingerprint density at radius 3 is 2.50 bits per heavy atom. The molecule has 1 atom stereocenters. The molecule has 0 bridgehead atoms. The van der Waals surface area contributed by atoms with Crippen LogP contribution in [0.15, 0.2) is 35.9 Å². The van der Waals surface area contributed by atoms with Crippen molar-refractivity contribution in [2.24, 2.45) is 5.41 Å². The van der Waals surface area contributed by atoms with Crippen LogP contribution in [-0.4, -0.2) is 23.9 Å². The minimum atomic E-state index is -3.74. The second kappa shape index (κ2) is 7.50. The van der Waals surface area contributed by atoms with Gasteiger partial charge in [0.05, 0.1) is 11.1 Å². The van der Waals surface area contributed by atoms with Crippen molar-refractivity contribution in [1.82, 2.24) is 0 Å². The second-order valence-corrected chi connectivity index (χ2v) is 10.2. The number of benzene rings is 2. The number of carbonyl (C=O) groups is 1.